The van der Waals surface area contributed by atoms with E-state index in [2.05, 4.69) is 9.97 Å². The second kappa shape index (κ2) is 4.48. The lowest BCUT2D eigenvalue weighted by Crippen LogP contribution is -2.31. The molecule has 0 unspecified atom stereocenters. The Balaban J connectivity index is 2.19. The normalized spacial score (nSPS) is 11.1. The summed E-state index contributed by atoms with van der Waals surface area (Å²) in [4.78, 5) is 30.3. The molecular weight excluding hydrogens is 256 g/mol. The van der Waals surface area contributed by atoms with Crippen molar-refractivity contribution in [3.05, 3.63) is 62.6 Å². The Hall–Kier alpha value is -2.63. The second-order valence-electron chi connectivity index (χ2n) is 4.86. The molecule has 0 aliphatic heterocycles. The number of aryl methyl sites for hydroxylation is 2. The first kappa shape index (κ1) is 12.4. The molecule has 0 amide bonds. The van der Waals surface area contributed by atoms with E-state index < -0.39 is 11.2 Å². The molecule has 20 heavy (non-hydrogen) atoms. The molecule has 6 heteroatoms. The second-order valence-corrected chi connectivity index (χ2v) is 4.86. The SMILES string of the molecule is Cc1ccc(Cn2c(=O)[nH]c(=O)c3c2ncn3C)cc1. The highest BCUT2D eigenvalue weighted by atomic mass is 16.2. The first-order valence-electron chi connectivity index (χ1n) is 6.26. The summed E-state index contributed by atoms with van der Waals surface area (Å²) in [7, 11) is 1.73. The van der Waals surface area contributed by atoms with Crippen LogP contribution in [-0.4, -0.2) is 19.1 Å². The Morgan fingerprint density at radius 3 is 2.60 bits per heavy atom. The number of H-pyrrole nitrogens is 1. The van der Waals surface area contributed by atoms with Crippen molar-refractivity contribution < 1.29 is 0 Å². The summed E-state index contributed by atoms with van der Waals surface area (Å²) >= 11 is 0. The van der Waals surface area contributed by atoms with E-state index >= 15 is 0 Å². The summed E-state index contributed by atoms with van der Waals surface area (Å²) in [6, 6.07) is 7.90. The fraction of sp³-hybridized carbons (Fsp3) is 0.214. The Labute approximate surface area is 114 Å². The van der Waals surface area contributed by atoms with Gasteiger partial charge in [0.25, 0.3) is 5.56 Å². The molecule has 0 radical (unpaired) electrons. The van der Waals surface area contributed by atoms with Crippen molar-refractivity contribution in [2.75, 3.05) is 0 Å². The molecule has 102 valence electrons. The molecule has 1 N–H and O–H groups in total. The fourth-order valence-electron chi connectivity index (χ4n) is 2.22. The zero-order valence-corrected chi connectivity index (χ0v) is 11.3. The molecule has 3 aromatic rings. The lowest BCUT2D eigenvalue weighted by molar-refractivity contribution is 0.747. The van der Waals surface area contributed by atoms with E-state index in [1.165, 1.54) is 10.9 Å². The standard InChI is InChI=1S/C14H14N4O2/c1-9-3-5-10(6-4-9)7-18-12-11(17(2)8-15-12)13(19)16-14(18)20/h3-6,8H,7H2,1-2H3,(H,16,19,20). The van der Waals surface area contributed by atoms with Crippen LogP contribution in [0.1, 0.15) is 11.1 Å². The van der Waals surface area contributed by atoms with Crippen LogP contribution in [0.3, 0.4) is 0 Å². The molecule has 0 atom stereocenters. The van der Waals surface area contributed by atoms with Crippen LogP contribution in [-0.2, 0) is 13.6 Å². The molecule has 2 heterocycles. The van der Waals surface area contributed by atoms with Gasteiger partial charge in [-0.25, -0.2) is 9.78 Å². The molecular formula is C14H14N4O2. The van der Waals surface area contributed by atoms with Gasteiger partial charge in [0.05, 0.1) is 12.9 Å². The minimum atomic E-state index is -0.443. The summed E-state index contributed by atoms with van der Waals surface area (Å²) in [6.07, 6.45) is 1.53. The van der Waals surface area contributed by atoms with Crippen LogP contribution in [0.25, 0.3) is 11.2 Å². The van der Waals surface area contributed by atoms with Crippen molar-refractivity contribution in [1.29, 1.82) is 0 Å². The van der Waals surface area contributed by atoms with Crippen LogP contribution in [0, 0.1) is 6.92 Å². The Morgan fingerprint density at radius 1 is 1.20 bits per heavy atom. The van der Waals surface area contributed by atoms with E-state index in [0.29, 0.717) is 17.7 Å². The topological polar surface area (TPSA) is 72.7 Å². The monoisotopic (exact) mass is 270 g/mol. The molecule has 0 aliphatic carbocycles. The van der Waals surface area contributed by atoms with Crippen molar-refractivity contribution in [2.45, 2.75) is 13.5 Å². The van der Waals surface area contributed by atoms with E-state index in [0.717, 1.165) is 11.1 Å². The fourth-order valence-corrected chi connectivity index (χ4v) is 2.22. The van der Waals surface area contributed by atoms with E-state index in [-0.39, 0.29) is 0 Å². The molecule has 0 bridgehead atoms. The maximum atomic E-state index is 12.0. The van der Waals surface area contributed by atoms with Crippen LogP contribution in [0.2, 0.25) is 0 Å². The first-order chi connectivity index (χ1) is 9.56. The lowest BCUT2D eigenvalue weighted by Gasteiger charge is -2.07. The number of fused-ring (bicyclic) bond motifs is 1. The van der Waals surface area contributed by atoms with E-state index in [4.69, 9.17) is 0 Å². The van der Waals surface area contributed by atoms with Gasteiger partial charge in [-0.05, 0) is 12.5 Å². The third kappa shape index (κ3) is 1.95. The molecule has 0 fully saturated rings. The zero-order chi connectivity index (χ0) is 14.3. The van der Waals surface area contributed by atoms with Gasteiger partial charge >= 0.3 is 5.69 Å². The number of imidazole rings is 1. The van der Waals surface area contributed by atoms with Crippen LogP contribution in [0.4, 0.5) is 0 Å². The van der Waals surface area contributed by atoms with Crippen LogP contribution in [0.5, 0.6) is 0 Å². The van der Waals surface area contributed by atoms with Crippen molar-refractivity contribution in [2.24, 2.45) is 7.05 Å². The quantitative estimate of drug-likeness (QED) is 0.748. The third-order valence-corrected chi connectivity index (χ3v) is 3.32. The highest BCUT2D eigenvalue weighted by Crippen LogP contribution is 2.08. The van der Waals surface area contributed by atoms with Gasteiger partial charge in [-0.3, -0.25) is 14.3 Å². The number of aromatic amines is 1. The number of hydrogen-bond acceptors (Lipinski definition) is 3. The van der Waals surface area contributed by atoms with Crippen molar-refractivity contribution >= 4 is 11.2 Å². The number of aromatic nitrogens is 4. The van der Waals surface area contributed by atoms with Crippen LogP contribution >= 0.6 is 0 Å². The predicted molar refractivity (Wildman–Crippen MR) is 75.9 cm³/mol. The summed E-state index contributed by atoms with van der Waals surface area (Å²) in [6.45, 7) is 2.39. The summed E-state index contributed by atoms with van der Waals surface area (Å²) in [5.41, 5.74) is 2.09. The summed E-state index contributed by atoms with van der Waals surface area (Å²) in [5, 5.41) is 0. The smallest absolute Gasteiger partial charge is 0.328 e. The maximum Gasteiger partial charge on any atom is 0.330 e. The minimum Gasteiger partial charge on any atom is -0.328 e. The Kier molecular flexibility index (Phi) is 2.78. The molecule has 0 saturated heterocycles. The molecule has 0 aliphatic rings. The lowest BCUT2D eigenvalue weighted by atomic mass is 10.1. The number of nitrogens with zero attached hydrogens (tertiary/aromatic N) is 3. The van der Waals surface area contributed by atoms with Crippen LogP contribution < -0.4 is 11.2 Å². The molecule has 0 saturated carbocycles. The van der Waals surface area contributed by atoms with E-state index in [1.54, 1.807) is 11.6 Å². The number of hydrogen-bond donors (Lipinski definition) is 1. The minimum absolute atomic E-state index is 0.378. The summed E-state index contributed by atoms with van der Waals surface area (Å²) in [5.74, 6) is 0. The average Bonchev–Trinajstić information content (AvgIpc) is 2.79. The van der Waals surface area contributed by atoms with Gasteiger partial charge in [-0.1, -0.05) is 29.8 Å². The highest BCUT2D eigenvalue weighted by Gasteiger charge is 2.12. The van der Waals surface area contributed by atoms with Gasteiger partial charge in [-0.15, -0.1) is 0 Å². The first-order valence-corrected chi connectivity index (χ1v) is 6.26. The number of rotatable bonds is 2. The van der Waals surface area contributed by atoms with E-state index in [1.807, 2.05) is 31.2 Å². The van der Waals surface area contributed by atoms with Gasteiger partial charge in [0.15, 0.2) is 11.2 Å². The molecule has 1 aromatic carbocycles. The van der Waals surface area contributed by atoms with Gasteiger partial charge in [-0.2, -0.15) is 0 Å². The van der Waals surface area contributed by atoms with Gasteiger partial charge < -0.3 is 4.57 Å². The number of benzene rings is 1. The maximum absolute atomic E-state index is 12.0. The largest absolute Gasteiger partial charge is 0.330 e. The van der Waals surface area contributed by atoms with Crippen molar-refractivity contribution in [3.63, 3.8) is 0 Å². The Bertz CT molecular complexity index is 884. The molecule has 2 aromatic heterocycles. The summed E-state index contributed by atoms with van der Waals surface area (Å²) < 4.78 is 3.08. The van der Waals surface area contributed by atoms with Gasteiger partial charge in [0.2, 0.25) is 0 Å². The van der Waals surface area contributed by atoms with Gasteiger partial charge in [0, 0.05) is 7.05 Å². The Morgan fingerprint density at radius 2 is 1.90 bits per heavy atom. The third-order valence-electron chi connectivity index (χ3n) is 3.32. The zero-order valence-electron chi connectivity index (χ0n) is 11.3. The van der Waals surface area contributed by atoms with Crippen molar-refractivity contribution in [1.82, 2.24) is 19.1 Å². The van der Waals surface area contributed by atoms with Gasteiger partial charge in [0.1, 0.15) is 0 Å². The molecule has 6 nitrogen and oxygen atoms in total. The van der Waals surface area contributed by atoms with Crippen LogP contribution in [0.15, 0.2) is 40.2 Å². The number of nitrogens with one attached hydrogen (secondary N) is 1. The highest BCUT2D eigenvalue weighted by molar-refractivity contribution is 5.69. The predicted octanol–water partition coefficient (Wildman–Crippen LogP) is 0.780. The molecule has 0 spiro atoms. The molecule has 3 rings (SSSR count). The van der Waals surface area contributed by atoms with Crippen molar-refractivity contribution in [3.8, 4) is 0 Å². The average molecular weight is 270 g/mol. The van der Waals surface area contributed by atoms with E-state index in [9.17, 15) is 9.59 Å².